The predicted octanol–water partition coefficient (Wildman–Crippen LogP) is 3.94. The Morgan fingerprint density at radius 1 is 1.03 bits per heavy atom. The molecule has 1 aliphatic rings. The van der Waals surface area contributed by atoms with Crippen LogP contribution in [0.15, 0.2) is 47.8 Å². The van der Waals surface area contributed by atoms with Gasteiger partial charge in [0, 0.05) is 18.8 Å². The number of ether oxygens (including phenoxy) is 1. The Morgan fingerprint density at radius 2 is 1.80 bits per heavy atom. The second kappa shape index (κ2) is 10.3. The monoisotopic (exact) mass is 426 g/mol. The molecule has 30 heavy (non-hydrogen) atoms. The predicted molar refractivity (Wildman–Crippen MR) is 118 cm³/mol. The molecule has 1 aliphatic carbocycles. The maximum absolute atomic E-state index is 12.2. The average molecular weight is 427 g/mol. The number of hydrogen-bond acceptors (Lipinski definition) is 8. The van der Waals surface area contributed by atoms with Crippen LogP contribution in [0.5, 0.6) is 11.5 Å². The fraction of sp³-hybridized carbons (Fsp3) is 0.381. The van der Waals surface area contributed by atoms with Gasteiger partial charge >= 0.3 is 0 Å². The quantitative estimate of drug-likeness (QED) is 0.303. The summed E-state index contributed by atoms with van der Waals surface area (Å²) in [7, 11) is 0. The zero-order chi connectivity index (χ0) is 20.6. The molecule has 158 valence electrons. The molecule has 0 spiro atoms. The van der Waals surface area contributed by atoms with Crippen molar-refractivity contribution in [3.8, 4) is 11.5 Å². The maximum atomic E-state index is 12.2. The van der Waals surface area contributed by atoms with Crippen molar-refractivity contribution in [2.24, 2.45) is 5.92 Å². The minimum Gasteiger partial charge on any atom is -0.454 e. The second-order valence-corrected chi connectivity index (χ2v) is 8.22. The number of aromatic amines is 1. The Bertz CT molecular complexity index is 967. The van der Waals surface area contributed by atoms with E-state index in [9.17, 15) is 4.79 Å². The lowest BCUT2D eigenvalue weighted by molar-refractivity contribution is 0.325. The first kappa shape index (κ1) is 20.5. The summed E-state index contributed by atoms with van der Waals surface area (Å²) in [5.74, 6) is 2.00. The van der Waals surface area contributed by atoms with Crippen molar-refractivity contribution in [1.29, 1.82) is 0 Å². The Hall–Kier alpha value is -2.75. The van der Waals surface area contributed by atoms with Crippen LogP contribution in [0.1, 0.15) is 37.7 Å². The third kappa shape index (κ3) is 5.65. The molecule has 1 aromatic carbocycles. The lowest BCUT2D eigenvalue weighted by Crippen LogP contribution is -2.37. The minimum absolute atomic E-state index is 0.0708. The van der Waals surface area contributed by atoms with Crippen molar-refractivity contribution in [2.75, 3.05) is 11.9 Å². The molecular weight excluding hydrogens is 400 g/mol. The summed E-state index contributed by atoms with van der Waals surface area (Å²) in [5.41, 5.74) is 7.99. The number of nitrogens with one attached hydrogen (secondary N) is 4. The first-order valence-corrected chi connectivity index (χ1v) is 11.1. The minimum atomic E-state index is -0.0708. The highest BCUT2D eigenvalue weighted by Gasteiger charge is 2.14. The number of aromatic nitrogens is 3. The molecule has 0 amide bonds. The van der Waals surface area contributed by atoms with E-state index in [1.165, 1.54) is 50.0 Å². The second-order valence-electron chi connectivity index (χ2n) is 7.41. The van der Waals surface area contributed by atoms with Crippen LogP contribution >= 0.6 is 11.5 Å². The van der Waals surface area contributed by atoms with E-state index in [4.69, 9.17) is 4.74 Å². The van der Waals surface area contributed by atoms with E-state index in [2.05, 4.69) is 30.5 Å². The molecule has 1 fully saturated rings. The molecule has 2 aromatic heterocycles. The summed E-state index contributed by atoms with van der Waals surface area (Å²) >= 11 is 1.30. The third-order valence-electron chi connectivity index (χ3n) is 5.18. The highest BCUT2D eigenvalue weighted by atomic mass is 32.1. The van der Waals surface area contributed by atoms with Crippen LogP contribution in [-0.2, 0) is 6.54 Å². The molecule has 0 bridgehead atoms. The zero-order valence-electron chi connectivity index (χ0n) is 16.7. The fourth-order valence-corrected chi connectivity index (χ4v) is 4.33. The van der Waals surface area contributed by atoms with Gasteiger partial charge in [0.05, 0.1) is 18.0 Å². The van der Waals surface area contributed by atoms with Crippen LogP contribution < -0.4 is 26.5 Å². The van der Waals surface area contributed by atoms with E-state index in [1.807, 2.05) is 24.3 Å². The van der Waals surface area contributed by atoms with Crippen LogP contribution in [0.25, 0.3) is 0 Å². The van der Waals surface area contributed by atoms with Gasteiger partial charge in [-0.2, -0.15) is 0 Å². The van der Waals surface area contributed by atoms with Crippen LogP contribution in [0.2, 0.25) is 0 Å². The first-order valence-electron chi connectivity index (χ1n) is 10.2. The van der Waals surface area contributed by atoms with Crippen LogP contribution in [0.4, 0.5) is 10.7 Å². The molecule has 4 rings (SSSR count). The van der Waals surface area contributed by atoms with Gasteiger partial charge in [0.15, 0.2) is 5.75 Å². The van der Waals surface area contributed by atoms with Crippen LogP contribution in [-0.4, -0.2) is 20.9 Å². The van der Waals surface area contributed by atoms with Crippen molar-refractivity contribution in [2.45, 2.75) is 38.6 Å². The Kier molecular flexibility index (Phi) is 7.07. The van der Waals surface area contributed by atoms with Crippen molar-refractivity contribution >= 4 is 22.2 Å². The smallest absolute Gasteiger partial charge is 0.264 e. The highest BCUT2D eigenvalue weighted by molar-refractivity contribution is 7.10. The number of hydrazine groups is 1. The standard InChI is InChI=1S/C21H26N6O2S/c28-20-19(13-25-24-10-15-4-2-1-3-5-15)21(30-27-20)26-16-6-8-17(9-7-16)29-18-11-22-14-23-12-18/h6-9,11-12,14-15,24-26H,1-5,10,13H2,(H,27,28). The van der Waals surface area contributed by atoms with Gasteiger partial charge in [-0.25, -0.2) is 9.97 Å². The summed E-state index contributed by atoms with van der Waals surface area (Å²) in [4.78, 5) is 20.1. The molecule has 8 nitrogen and oxygen atoms in total. The molecule has 0 atom stereocenters. The normalized spacial score (nSPS) is 14.5. The molecule has 9 heteroatoms. The van der Waals surface area contributed by atoms with Gasteiger partial charge < -0.3 is 10.1 Å². The lowest BCUT2D eigenvalue weighted by atomic mass is 9.89. The van der Waals surface area contributed by atoms with E-state index in [-0.39, 0.29) is 5.56 Å². The van der Waals surface area contributed by atoms with E-state index in [0.717, 1.165) is 23.2 Å². The molecule has 0 unspecified atom stereocenters. The number of H-pyrrole nitrogens is 1. The van der Waals surface area contributed by atoms with E-state index in [1.54, 1.807) is 12.4 Å². The highest BCUT2D eigenvalue weighted by Crippen LogP contribution is 2.26. The topological polar surface area (TPSA) is 104 Å². The molecule has 1 saturated carbocycles. The molecule has 2 heterocycles. The van der Waals surface area contributed by atoms with Crippen molar-refractivity contribution in [3.63, 3.8) is 0 Å². The number of benzene rings is 1. The molecular formula is C21H26N6O2S. The molecule has 4 N–H and O–H groups in total. The maximum Gasteiger partial charge on any atom is 0.264 e. The van der Waals surface area contributed by atoms with Gasteiger partial charge in [0.25, 0.3) is 5.56 Å². The largest absolute Gasteiger partial charge is 0.454 e. The van der Waals surface area contributed by atoms with Gasteiger partial charge in [0.2, 0.25) is 0 Å². The first-order chi connectivity index (χ1) is 14.8. The molecule has 0 saturated heterocycles. The summed E-state index contributed by atoms with van der Waals surface area (Å²) in [6, 6.07) is 7.52. The molecule has 3 aromatic rings. The summed E-state index contributed by atoms with van der Waals surface area (Å²) in [6.45, 7) is 1.40. The molecule has 0 radical (unpaired) electrons. The van der Waals surface area contributed by atoms with E-state index >= 15 is 0 Å². The summed E-state index contributed by atoms with van der Waals surface area (Å²) in [6.07, 6.45) is 11.3. The zero-order valence-corrected chi connectivity index (χ0v) is 17.5. The van der Waals surface area contributed by atoms with Gasteiger partial charge in [-0.05, 0) is 54.6 Å². The molecule has 0 aliphatic heterocycles. The average Bonchev–Trinajstić information content (AvgIpc) is 3.13. The van der Waals surface area contributed by atoms with Crippen LogP contribution in [0.3, 0.4) is 0 Å². The third-order valence-corrected chi connectivity index (χ3v) is 6.02. The SMILES string of the molecule is O=c1[nH]sc(Nc2ccc(Oc3cncnc3)cc2)c1CNNCC1CCCCC1. The van der Waals surface area contributed by atoms with Crippen molar-refractivity contribution in [3.05, 3.63) is 58.9 Å². The van der Waals surface area contributed by atoms with Gasteiger partial charge in [-0.3, -0.25) is 20.0 Å². The number of rotatable bonds is 9. The van der Waals surface area contributed by atoms with Gasteiger partial charge in [-0.15, -0.1) is 0 Å². The Balaban J connectivity index is 1.30. The van der Waals surface area contributed by atoms with Gasteiger partial charge in [0.1, 0.15) is 17.1 Å². The fourth-order valence-electron chi connectivity index (χ4n) is 3.56. The Labute approximate surface area is 179 Å². The van der Waals surface area contributed by atoms with E-state index in [0.29, 0.717) is 23.6 Å². The van der Waals surface area contributed by atoms with Crippen molar-refractivity contribution < 1.29 is 4.74 Å². The number of hydrogen-bond donors (Lipinski definition) is 4. The Morgan fingerprint density at radius 3 is 2.57 bits per heavy atom. The van der Waals surface area contributed by atoms with E-state index < -0.39 is 0 Å². The number of nitrogens with zero attached hydrogens (tertiary/aromatic N) is 2. The summed E-state index contributed by atoms with van der Waals surface area (Å²) in [5, 5.41) is 4.12. The summed E-state index contributed by atoms with van der Waals surface area (Å²) < 4.78 is 8.51. The van der Waals surface area contributed by atoms with Crippen molar-refractivity contribution in [1.82, 2.24) is 25.2 Å². The lowest BCUT2D eigenvalue weighted by Gasteiger charge is -2.21. The number of anilines is 2. The van der Waals surface area contributed by atoms with Crippen LogP contribution in [0, 0.1) is 5.92 Å². The van der Waals surface area contributed by atoms with Gasteiger partial charge in [-0.1, -0.05) is 19.3 Å².